The van der Waals surface area contributed by atoms with E-state index in [-0.39, 0.29) is 6.04 Å². The SMILES string of the molecule is CCC[C@@H](N)c1ccc(C)o1. The van der Waals surface area contributed by atoms with Crippen LogP contribution in [-0.4, -0.2) is 0 Å². The third-order valence-electron chi connectivity index (χ3n) is 1.73. The Kier molecular flexibility index (Phi) is 2.71. The molecular formula is C9H15NO. The first kappa shape index (κ1) is 8.34. The summed E-state index contributed by atoms with van der Waals surface area (Å²) in [5, 5.41) is 0. The third kappa shape index (κ3) is 2.09. The molecule has 0 aromatic carbocycles. The number of rotatable bonds is 3. The molecule has 62 valence electrons. The van der Waals surface area contributed by atoms with Crippen LogP contribution in [0.1, 0.15) is 37.3 Å². The average molecular weight is 153 g/mol. The number of hydrogen-bond donors (Lipinski definition) is 1. The minimum atomic E-state index is 0.0775. The van der Waals surface area contributed by atoms with Gasteiger partial charge in [-0.15, -0.1) is 0 Å². The molecule has 2 N–H and O–H groups in total. The fourth-order valence-electron chi connectivity index (χ4n) is 1.11. The predicted molar refractivity (Wildman–Crippen MR) is 45.3 cm³/mol. The van der Waals surface area contributed by atoms with Crippen LogP contribution in [0.2, 0.25) is 0 Å². The topological polar surface area (TPSA) is 39.2 Å². The van der Waals surface area contributed by atoms with E-state index in [1.54, 1.807) is 0 Å². The fourth-order valence-corrected chi connectivity index (χ4v) is 1.11. The maximum atomic E-state index is 5.83. The lowest BCUT2D eigenvalue weighted by molar-refractivity contribution is 0.433. The largest absolute Gasteiger partial charge is 0.465 e. The first-order chi connectivity index (χ1) is 5.24. The summed E-state index contributed by atoms with van der Waals surface area (Å²) in [6.45, 7) is 4.05. The van der Waals surface area contributed by atoms with Crippen molar-refractivity contribution in [3.63, 3.8) is 0 Å². The van der Waals surface area contributed by atoms with Crippen molar-refractivity contribution >= 4 is 0 Å². The second kappa shape index (κ2) is 3.58. The molecule has 1 heterocycles. The van der Waals surface area contributed by atoms with Crippen molar-refractivity contribution in [1.29, 1.82) is 0 Å². The summed E-state index contributed by atoms with van der Waals surface area (Å²) in [7, 11) is 0. The van der Waals surface area contributed by atoms with Crippen molar-refractivity contribution in [2.24, 2.45) is 5.73 Å². The highest BCUT2D eigenvalue weighted by Crippen LogP contribution is 2.17. The Labute approximate surface area is 67.4 Å². The van der Waals surface area contributed by atoms with E-state index in [0.717, 1.165) is 24.4 Å². The van der Waals surface area contributed by atoms with Crippen LogP contribution in [0.15, 0.2) is 16.5 Å². The molecule has 0 saturated carbocycles. The highest BCUT2D eigenvalue weighted by Gasteiger charge is 2.07. The number of hydrogen-bond acceptors (Lipinski definition) is 2. The van der Waals surface area contributed by atoms with Gasteiger partial charge in [0.05, 0.1) is 6.04 Å². The van der Waals surface area contributed by atoms with Crippen molar-refractivity contribution in [2.45, 2.75) is 32.7 Å². The zero-order valence-electron chi connectivity index (χ0n) is 7.13. The first-order valence-electron chi connectivity index (χ1n) is 4.06. The van der Waals surface area contributed by atoms with Crippen molar-refractivity contribution in [3.8, 4) is 0 Å². The Morgan fingerprint density at radius 3 is 2.73 bits per heavy atom. The van der Waals surface area contributed by atoms with Crippen LogP contribution in [0.3, 0.4) is 0 Å². The van der Waals surface area contributed by atoms with Gasteiger partial charge in [-0.2, -0.15) is 0 Å². The predicted octanol–water partition coefficient (Wildman–Crippen LogP) is 2.39. The van der Waals surface area contributed by atoms with Gasteiger partial charge in [0, 0.05) is 0 Å². The van der Waals surface area contributed by atoms with Crippen LogP contribution < -0.4 is 5.73 Å². The van der Waals surface area contributed by atoms with Crippen LogP contribution in [0.25, 0.3) is 0 Å². The molecule has 0 aliphatic carbocycles. The molecule has 0 aliphatic rings. The van der Waals surface area contributed by atoms with E-state index in [2.05, 4.69) is 6.92 Å². The summed E-state index contributed by atoms with van der Waals surface area (Å²) >= 11 is 0. The summed E-state index contributed by atoms with van der Waals surface area (Å²) in [5.74, 6) is 1.84. The standard InChI is InChI=1S/C9H15NO/c1-3-4-8(10)9-6-5-7(2)11-9/h5-6,8H,3-4,10H2,1-2H3/t8-/m1/s1. The second-order valence-corrected chi connectivity index (χ2v) is 2.84. The van der Waals surface area contributed by atoms with Gasteiger partial charge in [-0.05, 0) is 25.5 Å². The Balaban J connectivity index is 2.60. The third-order valence-corrected chi connectivity index (χ3v) is 1.73. The molecule has 0 saturated heterocycles. The van der Waals surface area contributed by atoms with Crippen LogP contribution in [-0.2, 0) is 0 Å². The minimum absolute atomic E-state index is 0.0775. The molecule has 11 heavy (non-hydrogen) atoms. The van der Waals surface area contributed by atoms with Gasteiger partial charge in [0.1, 0.15) is 11.5 Å². The maximum absolute atomic E-state index is 5.83. The van der Waals surface area contributed by atoms with Crippen LogP contribution in [0, 0.1) is 6.92 Å². The highest BCUT2D eigenvalue weighted by molar-refractivity contribution is 5.08. The van der Waals surface area contributed by atoms with E-state index < -0.39 is 0 Å². The molecule has 0 amide bonds. The summed E-state index contributed by atoms with van der Waals surface area (Å²) in [4.78, 5) is 0. The van der Waals surface area contributed by atoms with Crippen molar-refractivity contribution in [3.05, 3.63) is 23.7 Å². The summed E-state index contributed by atoms with van der Waals surface area (Å²) in [6.07, 6.45) is 2.09. The molecule has 1 aromatic rings. The Hall–Kier alpha value is -0.760. The summed E-state index contributed by atoms with van der Waals surface area (Å²) < 4.78 is 5.37. The molecule has 2 nitrogen and oxygen atoms in total. The quantitative estimate of drug-likeness (QED) is 0.724. The fraction of sp³-hybridized carbons (Fsp3) is 0.556. The van der Waals surface area contributed by atoms with Gasteiger partial charge < -0.3 is 10.2 Å². The molecular weight excluding hydrogens is 138 g/mol. The van der Waals surface area contributed by atoms with Crippen LogP contribution in [0.5, 0.6) is 0 Å². The van der Waals surface area contributed by atoms with Gasteiger partial charge in [0.2, 0.25) is 0 Å². The molecule has 0 aliphatic heterocycles. The molecule has 0 fully saturated rings. The van der Waals surface area contributed by atoms with E-state index in [4.69, 9.17) is 10.2 Å². The minimum Gasteiger partial charge on any atom is -0.465 e. The molecule has 0 unspecified atom stereocenters. The molecule has 0 radical (unpaired) electrons. The zero-order valence-corrected chi connectivity index (χ0v) is 7.13. The van der Waals surface area contributed by atoms with E-state index in [1.165, 1.54) is 0 Å². The Morgan fingerprint density at radius 2 is 2.27 bits per heavy atom. The lowest BCUT2D eigenvalue weighted by atomic mass is 10.1. The van der Waals surface area contributed by atoms with Crippen LogP contribution >= 0.6 is 0 Å². The van der Waals surface area contributed by atoms with Gasteiger partial charge in [-0.25, -0.2) is 0 Å². The zero-order chi connectivity index (χ0) is 8.27. The van der Waals surface area contributed by atoms with E-state index in [1.807, 2.05) is 19.1 Å². The van der Waals surface area contributed by atoms with Crippen LogP contribution in [0.4, 0.5) is 0 Å². The monoisotopic (exact) mass is 153 g/mol. The number of nitrogens with two attached hydrogens (primary N) is 1. The van der Waals surface area contributed by atoms with Gasteiger partial charge in [-0.1, -0.05) is 13.3 Å². The second-order valence-electron chi connectivity index (χ2n) is 2.84. The molecule has 2 heteroatoms. The van der Waals surface area contributed by atoms with Gasteiger partial charge in [0.15, 0.2) is 0 Å². The van der Waals surface area contributed by atoms with E-state index in [0.29, 0.717) is 0 Å². The lowest BCUT2D eigenvalue weighted by Crippen LogP contribution is -2.08. The maximum Gasteiger partial charge on any atom is 0.120 e. The first-order valence-corrected chi connectivity index (χ1v) is 4.06. The smallest absolute Gasteiger partial charge is 0.120 e. The van der Waals surface area contributed by atoms with E-state index >= 15 is 0 Å². The van der Waals surface area contributed by atoms with E-state index in [9.17, 15) is 0 Å². The average Bonchev–Trinajstić information content (AvgIpc) is 2.36. The molecule has 0 spiro atoms. The number of furan rings is 1. The summed E-state index contributed by atoms with van der Waals surface area (Å²) in [5.41, 5.74) is 5.83. The highest BCUT2D eigenvalue weighted by atomic mass is 16.3. The van der Waals surface area contributed by atoms with Crippen molar-refractivity contribution < 1.29 is 4.42 Å². The molecule has 1 rings (SSSR count). The summed E-state index contributed by atoms with van der Waals surface area (Å²) in [6, 6.07) is 3.98. The normalized spacial score (nSPS) is 13.4. The number of aryl methyl sites for hydroxylation is 1. The Morgan fingerprint density at radius 1 is 1.55 bits per heavy atom. The Bertz CT molecular complexity index is 217. The lowest BCUT2D eigenvalue weighted by Gasteiger charge is -2.05. The van der Waals surface area contributed by atoms with Gasteiger partial charge >= 0.3 is 0 Å². The molecule has 1 atom stereocenters. The van der Waals surface area contributed by atoms with Gasteiger partial charge in [-0.3, -0.25) is 0 Å². The van der Waals surface area contributed by atoms with Crippen molar-refractivity contribution in [1.82, 2.24) is 0 Å². The molecule has 0 bridgehead atoms. The van der Waals surface area contributed by atoms with Gasteiger partial charge in [0.25, 0.3) is 0 Å². The van der Waals surface area contributed by atoms with Crippen molar-refractivity contribution in [2.75, 3.05) is 0 Å². The molecule has 1 aromatic heterocycles.